The monoisotopic (exact) mass is 293 g/mol. The second-order valence-corrected chi connectivity index (χ2v) is 5.64. The van der Waals surface area contributed by atoms with Crippen LogP contribution in [0, 0.1) is 15.9 Å². The van der Waals surface area contributed by atoms with Gasteiger partial charge < -0.3 is 9.73 Å². The lowest BCUT2D eigenvalue weighted by Crippen LogP contribution is -2.35. The fraction of sp³-hybridized carbons (Fsp3) is 0.357. The third kappa shape index (κ3) is 3.85. The van der Waals surface area contributed by atoms with Crippen LogP contribution in [0.25, 0.3) is 11.3 Å². The van der Waals surface area contributed by atoms with Crippen LogP contribution in [0.4, 0.5) is 10.1 Å². The number of benzene rings is 1. The lowest BCUT2D eigenvalue weighted by Gasteiger charge is -2.18. The normalized spacial score (nSPS) is 11.6. The lowest BCUT2D eigenvalue weighted by atomic mass is 10.1. The molecular formula is C14H16FN3O3. The first-order chi connectivity index (χ1) is 9.76. The van der Waals surface area contributed by atoms with Crippen LogP contribution in [0.5, 0.6) is 0 Å². The summed E-state index contributed by atoms with van der Waals surface area (Å²) in [5.41, 5.74) is -0.253. The van der Waals surface area contributed by atoms with Crippen LogP contribution in [0.3, 0.4) is 0 Å². The molecule has 0 unspecified atom stereocenters. The van der Waals surface area contributed by atoms with Crippen molar-refractivity contribution in [1.29, 1.82) is 0 Å². The van der Waals surface area contributed by atoms with Gasteiger partial charge in [0.2, 0.25) is 5.89 Å². The van der Waals surface area contributed by atoms with Crippen LogP contribution in [0.1, 0.15) is 26.7 Å². The summed E-state index contributed by atoms with van der Waals surface area (Å²) in [5, 5.41) is 14.2. The van der Waals surface area contributed by atoms with Gasteiger partial charge >= 0.3 is 0 Å². The van der Waals surface area contributed by atoms with Crippen LogP contribution >= 0.6 is 0 Å². The topological polar surface area (TPSA) is 81.2 Å². The second-order valence-electron chi connectivity index (χ2n) is 5.64. The third-order valence-electron chi connectivity index (χ3n) is 2.74. The summed E-state index contributed by atoms with van der Waals surface area (Å²) in [6.07, 6.45) is 1.36. The van der Waals surface area contributed by atoms with Crippen LogP contribution in [0.2, 0.25) is 0 Å². The lowest BCUT2D eigenvalue weighted by molar-refractivity contribution is -0.384. The largest absolute Gasteiger partial charge is 0.439 e. The fourth-order valence-corrected chi connectivity index (χ4v) is 1.72. The molecule has 0 fully saturated rings. The van der Waals surface area contributed by atoms with E-state index in [4.69, 9.17) is 4.42 Å². The second kappa shape index (κ2) is 5.61. The summed E-state index contributed by atoms with van der Waals surface area (Å²) >= 11 is 0. The summed E-state index contributed by atoms with van der Waals surface area (Å²) in [6, 6.07) is 3.22. The Morgan fingerprint density at radius 3 is 2.76 bits per heavy atom. The van der Waals surface area contributed by atoms with Gasteiger partial charge in [-0.1, -0.05) is 0 Å². The number of rotatable bonds is 4. The minimum Gasteiger partial charge on any atom is -0.439 e. The van der Waals surface area contributed by atoms with E-state index < -0.39 is 10.7 Å². The number of oxazole rings is 1. The van der Waals surface area contributed by atoms with Crippen molar-refractivity contribution in [2.75, 3.05) is 0 Å². The predicted molar refractivity (Wildman–Crippen MR) is 75.1 cm³/mol. The van der Waals surface area contributed by atoms with Gasteiger partial charge in [0.15, 0.2) is 5.76 Å². The molecule has 0 aliphatic carbocycles. The zero-order valence-electron chi connectivity index (χ0n) is 12.0. The Kier molecular flexibility index (Phi) is 4.04. The van der Waals surface area contributed by atoms with Gasteiger partial charge in [-0.2, -0.15) is 0 Å². The number of aromatic nitrogens is 1. The highest BCUT2D eigenvalue weighted by Crippen LogP contribution is 2.31. The number of hydrogen-bond donors (Lipinski definition) is 1. The number of nitro groups is 1. The van der Waals surface area contributed by atoms with E-state index in [1.807, 2.05) is 20.8 Å². The van der Waals surface area contributed by atoms with Crippen molar-refractivity contribution in [2.45, 2.75) is 32.9 Å². The molecule has 2 rings (SSSR count). The smallest absolute Gasteiger partial charge is 0.280 e. The van der Waals surface area contributed by atoms with E-state index in [-0.39, 0.29) is 22.6 Å². The standard InChI is InChI=1S/C14H16FN3O3/c1-14(2,3)17-8-13-16-7-12(21-13)10-6-9(15)4-5-11(10)18(19)20/h4-7,17H,8H2,1-3H3. The number of nitrogens with zero attached hydrogens (tertiary/aromatic N) is 2. The van der Waals surface area contributed by atoms with E-state index in [2.05, 4.69) is 10.3 Å². The Labute approximate surface area is 121 Å². The zero-order chi connectivity index (χ0) is 15.6. The molecule has 0 radical (unpaired) electrons. The van der Waals surface area contributed by atoms with Crippen molar-refractivity contribution >= 4 is 5.69 Å². The summed E-state index contributed by atoms with van der Waals surface area (Å²) in [4.78, 5) is 14.5. The molecule has 0 aliphatic heterocycles. The van der Waals surface area contributed by atoms with Gasteiger partial charge in [0, 0.05) is 11.6 Å². The highest BCUT2D eigenvalue weighted by atomic mass is 19.1. The maximum Gasteiger partial charge on any atom is 0.280 e. The van der Waals surface area contributed by atoms with Gasteiger partial charge in [0.05, 0.1) is 23.2 Å². The van der Waals surface area contributed by atoms with Gasteiger partial charge in [0.1, 0.15) is 5.82 Å². The molecule has 7 heteroatoms. The Hall–Kier alpha value is -2.28. The average Bonchev–Trinajstić information content (AvgIpc) is 2.83. The maximum absolute atomic E-state index is 13.3. The molecule has 0 bridgehead atoms. The van der Waals surface area contributed by atoms with Gasteiger partial charge in [0.25, 0.3) is 5.69 Å². The Morgan fingerprint density at radius 1 is 1.43 bits per heavy atom. The van der Waals surface area contributed by atoms with Crippen molar-refractivity contribution < 1.29 is 13.7 Å². The fourth-order valence-electron chi connectivity index (χ4n) is 1.72. The summed E-state index contributed by atoms with van der Waals surface area (Å²) < 4.78 is 18.8. The van der Waals surface area contributed by atoms with Crippen molar-refractivity contribution in [3.8, 4) is 11.3 Å². The van der Waals surface area contributed by atoms with Crippen LogP contribution in [-0.4, -0.2) is 15.4 Å². The van der Waals surface area contributed by atoms with E-state index in [9.17, 15) is 14.5 Å². The first kappa shape index (κ1) is 15.1. The molecule has 0 saturated carbocycles. The number of nitrogens with one attached hydrogen (secondary N) is 1. The van der Waals surface area contributed by atoms with E-state index in [0.29, 0.717) is 12.4 Å². The van der Waals surface area contributed by atoms with E-state index in [1.54, 1.807) is 0 Å². The summed E-state index contributed by atoms with van der Waals surface area (Å²) in [7, 11) is 0. The quantitative estimate of drug-likeness (QED) is 0.691. The van der Waals surface area contributed by atoms with E-state index in [1.165, 1.54) is 6.20 Å². The van der Waals surface area contributed by atoms with Crippen molar-refractivity contribution in [1.82, 2.24) is 10.3 Å². The Morgan fingerprint density at radius 2 is 2.14 bits per heavy atom. The van der Waals surface area contributed by atoms with Gasteiger partial charge in [-0.05, 0) is 32.9 Å². The molecule has 112 valence electrons. The van der Waals surface area contributed by atoms with Crippen molar-refractivity contribution in [2.24, 2.45) is 0 Å². The molecule has 0 saturated heterocycles. The molecule has 2 aromatic rings. The number of halogens is 1. The SMILES string of the molecule is CC(C)(C)NCc1ncc(-c2cc(F)ccc2[N+](=O)[O-])o1. The first-order valence-electron chi connectivity index (χ1n) is 6.40. The summed E-state index contributed by atoms with van der Waals surface area (Å²) in [6.45, 7) is 6.36. The molecule has 1 N–H and O–H groups in total. The number of nitro benzene ring substituents is 1. The molecular weight excluding hydrogens is 277 g/mol. The summed E-state index contributed by atoms with van der Waals surface area (Å²) in [5.74, 6) is -0.00763. The molecule has 1 heterocycles. The highest BCUT2D eigenvalue weighted by Gasteiger charge is 2.20. The van der Waals surface area contributed by atoms with Gasteiger partial charge in [-0.15, -0.1) is 0 Å². The molecule has 1 aromatic carbocycles. The number of hydrogen-bond acceptors (Lipinski definition) is 5. The highest BCUT2D eigenvalue weighted by molar-refractivity contribution is 5.68. The average molecular weight is 293 g/mol. The molecule has 0 amide bonds. The van der Waals surface area contributed by atoms with E-state index >= 15 is 0 Å². The minimum atomic E-state index is -0.579. The molecule has 6 nitrogen and oxygen atoms in total. The molecule has 0 spiro atoms. The van der Waals surface area contributed by atoms with Crippen molar-refractivity contribution in [3.63, 3.8) is 0 Å². The van der Waals surface area contributed by atoms with Crippen LogP contribution < -0.4 is 5.32 Å². The van der Waals surface area contributed by atoms with Gasteiger partial charge in [-0.25, -0.2) is 9.37 Å². The van der Waals surface area contributed by atoms with E-state index in [0.717, 1.165) is 18.2 Å². The molecule has 0 atom stereocenters. The minimum absolute atomic E-state index is 0.0782. The zero-order valence-corrected chi connectivity index (χ0v) is 12.0. The predicted octanol–water partition coefficient (Wildman–Crippen LogP) is 3.28. The van der Waals surface area contributed by atoms with Crippen LogP contribution in [0.15, 0.2) is 28.8 Å². The van der Waals surface area contributed by atoms with Crippen molar-refractivity contribution in [3.05, 3.63) is 46.2 Å². The third-order valence-corrected chi connectivity index (χ3v) is 2.74. The Bertz CT molecular complexity index is 662. The van der Waals surface area contributed by atoms with Gasteiger partial charge in [-0.3, -0.25) is 10.1 Å². The first-order valence-corrected chi connectivity index (χ1v) is 6.40. The molecule has 21 heavy (non-hydrogen) atoms. The molecule has 1 aromatic heterocycles. The maximum atomic E-state index is 13.3. The van der Waals surface area contributed by atoms with Crippen LogP contribution in [-0.2, 0) is 6.54 Å². The Balaban J connectivity index is 2.29. The molecule has 0 aliphatic rings.